The number of hydrogen-bond donors (Lipinski definition) is 10. The van der Waals surface area contributed by atoms with Crippen molar-refractivity contribution in [1.29, 1.82) is 0 Å². The number of aromatic hydroxyl groups is 1. The van der Waals surface area contributed by atoms with Gasteiger partial charge in [0, 0.05) is 58.2 Å². The average molecular weight is 1130 g/mol. The quantitative estimate of drug-likeness (QED) is 0.0232. The maximum atomic E-state index is 13.7. The van der Waals surface area contributed by atoms with E-state index in [1.165, 1.54) is 28.9 Å². The highest BCUT2D eigenvalue weighted by Gasteiger charge is 2.38. The number of ketones is 1. The molecule has 0 spiro atoms. The molecule has 3 aliphatic heterocycles. The molecule has 23 nitrogen and oxygen atoms in total. The number of esters is 1. The van der Waals surface area contributed by atoms with Crippen LogP contribution in [0.15, 0.2) is 147 Å². The molecule has 5 amide bonds. The number of carbonyl (C=O) groups is 6. The summed E-state index contributed by atoms with van der Waals surface area (Å²) in [5.74, 6) is -2.92. The molecular formula is C54H50F3N13O10S. The Kier molecular flexibility index (Phi) is 18.6. The molecule has 0 radical (unpaired) electrons. The number of nitrogens with zero attached hydrogens (tertiary/aromatic N) is 5. The van der Waals surface area contributed by atoms with Gasteiger partial charge in [-0.25, -0.2) is 23.9 Å². The van der Waals surface area contributed by atoms with E-state index in [9.17, 15) is 42.3 Å². The molecule has 0 bridgehead atoms. The van der Waals surface area contributed by atoms with Crippen LogP contribution in [0.2, 0.25) is 0 Å². The molecule has 0 atom stereocenters. The Morgan fingerprint density at radius 2 is 1.35 bits per heavy atom. The van der Waals surface area contributed by atoms with Crippen LogP contribution in [0.25, 0.3) is 6.08 Å². The topological polar surface area (TPSA) is 313 Å². The van der Waals surface area contributed by atoms with E-state index in [0.717, 1.165) is 47.6 Å². The summed E-state index contributed by atoms with van der Waals surface area (Å²) >= 11 is 1.10. The van der Waals surface area contributed by atoms with Gasteiger partial charge in [-0.05, 0) is 110 Å². The van der Waals surface area contributed by atoms with Gasteiger partial charge in [-0.2, -0.15) is 13.2 Å². The number of thioether (sulfide) groups is 1. The van der Waals surface area contributed by atoms with E-state index in [0.29, 0.717) is 46.4 Å². The molecule has 9 rings (SSSR count). The highest BCUT2D eigenvalue weighted by Crippen LogP contribution is 2.41. The third-order valence-electron chi connectivity index (χ3n) is 11.4. The number of rotatable bonds is 18. The van der Waals surface area contributed by atoms with E-state index in [-0.39, 0.29) is 65.2 Å². The van der Waals surface area contributed by atoms with E-state index in [1.54, 1.807) is 55.6 Å². The number of anilines is 5. The average Bonchev–Trinajstić information content (AvgIpc) is 4.31. The van der Waals surface area contributed by atoms with Crippen LogP contribution in [0.5, 0.6) is 11.5 Å². The first-order valence-corrected chi connectivity index (χ1v) is 25.5. The lowest BCUT2D eigenvalue weighted by molar-refractivity contribution is -0.192. The molecule has 1 aromatic heterocycles. The second-order valence-corrected chi connectivity index (χ2v) is 18.4. The smallest absolute Gasteiger partial charge is 0.490 e. The molecule has 10 N–H and O–H groups in total. The Bertz CT molecular complexity index is 3360. The van der Waals surface area contributed by atoms with Gasteiger partial charge in [-0.15, -0.1) is 5.10 Å². The van der Waals surface area contributed by atoms with Crippen molar-refractivity contribution in [3.8, 4) is 11.5 Å². The molecule has 0 unspecified atom stereocenters. The van der Waals surface area contributed by atoms with Gasteiger partial charge in [0.1, 0.15) is 29.5 Å². The molecule has 6 aromatic rings. The maximum Gasteiger partial charge on any atom is 0.490 e. The van der Waals surface area contributed by atoms with Gasteiger partial charge in [-0.3, -0.25) is 19.6 Å². The van der Waals surface area contributed by atoms with Crippen LogP contribution >= 0.6 is 11.8 Å². The number of Topliss-reactive ketones (excluding diaryl/α,β-unsaturated/α-hetero) is 1. The summed E-state index contributed by atoms with van der Waals surface area (Å²) in [6.45, 7) is 5.01. The lowest BCUT2D eigenvalue weighted by Gasteiger charge is -2.14. The minimum atomic E-state index is -5.08. The van der Waals surface area contributed by atoms with Crippen molar-refractivity contribution in [3.05, 3.63) is 165 Å². The zero-order chi connectivity index (χ0) is 57.5. The Morgan fingerprint density at radius 3 is 1.88 bits per heavy atom. The van der Waals surface area contributed by atoms with Gasteiger partial charge in [0.15, 0.2) is 11.5 Å². The highest BCUT2D eigenvalue weighted by molar-refractivity contribution is 8.08. The monoisotopic (exact) mass is 1130 g/mol. The van der Waals surface area contributed by atoms with Crippen LogP contribution in [-0.2, 0) is 32.2 Å². The second-order valence-electron chi connectivity index (χ2n) is 17.3. The summed E-state index contributed by atoms with van der Waals surface area (Å²) in [5, 5.41) is 50.1. The van der Waals surface area contributed by atoms with Gasteiger partial charge in [-0.1, -0.05) is 41.2 Å². The number of hydrogen-bond acceptors (Lipinski definition) is 17. The number of phenolic OH excluding ortho intramolecular Hbond substituents is 1. The number of allylic oxidation sites excluding steroid dienone is 1. The molecule has 418 valence electrons. The van der Waals surface area contributed by atoms with Crippen LogP contribution < -0.4 is 47.3 Å². The number of aromatic nitrogens is 3. The lowest BCUT2D eigenvalue weighted by Crippen LogP contribution is -2.25. The molecule has 0 saturated carbocycles. The van der Waals surface area contributed by atoms with Gasteiger partial charge in [0.2, 0.25) is 5.78 Å². The van der Waals surface area contributed by atoms with Crippen molar-refractivity contribution in [1.82, 2.24) is 30.9 Å². The number of para-hydroxylation sites is 1. The van der Waals surface area contributed by atoms with E-state index >= 15 is 0 Å². The fraction of sp³-hybridized carbons (Fsp3) is 0.185. The van der Waals surface area contributed by atoms with Crippen LogP contribution in [-0.4, -0.2) is 118 Å². The van der Waals surface area contributed by atoms with Crippen LogP contribution in [0.3, 0.4) is 0 Å². The number of amides is 5. The highest BCUT2D eigenvalue weighted by atomic mass is 32.2. The minimum Gasteiger partial charge on any atom is -0.504 e. The normalized spacial score (nSPS) is 14.1. The number of carboxylic acids is 1. The molecule has 4 heterocycles. The minimum absolute atomic E-state index is 0.0177. The van der Waals surface area contributed by atoms with Gasteiger partial charge >= 0.3 is 30.2 Å². The summed E-state index contributed by atoms with van der Waals surface area (Å²) in [4.78, 5) is 84.3. The van der Waals surface area contributed by atoms with Crippen molar-refractivity contribution in [3.63, 3.8) is 0 Å². The number of ether oxygens (including phenoxy) is 2. The lowest BCUT2D eigenvalue weighted by atomic mass is 10.1. The van der Waals surface area contributed by atoms with E-state index in [4.69, 9.17) is 19.4 Å². The zero-order valence-corrected chi connectivity index (χ0v) is 43.5. The first-order chi connectivity index (χ1) is 39.0. The maximum absolute atomic E-state index is 13.7. The SMILES string of the molecule is CCOC(=O)C1=C(Nc2ccccc2)S/C(=C\c2ccc(OCCn3cc(CNC(=O)c4cc(NC(=O)Nc5ccc(C6=NCCN6)cc5)cc(NC(=O)Nc5ccc(C6=NCCN6)cc5)c4)nn3)c(O)c2)C1=O.O=C(O)C(F)(F)F. The second kappa shape index (κ2) is 26.4. The third-order valence-corrected chi connectivity index (χ3v) is 12.4. The van der Waals surface area contributed by atoms with Crippen LogP contribution in [0.4, 0.5) is 51.2 Å². The fourth-order valence-corrected chi connectivity index (χ4v) is 8.76. The molecule has 0 aliphatic carbocycles. The number of aliphatic imine (C=N–C) groups is 2. The van der Waals surface area contributed by atoms with Crippen molar-refractivity contribution in [2.24, 2.45) is 9.98 Å². The summed E-state index contributed by atoms with van der Waals surface area (Å²) in [6, 6.07) is 31.5. The molecular weight excluding hydrogens is 1080 g/mol. The van der Waals surface area contributed by atoms with Gasteiger partial charge < -0.3 is 62.2 Å². The molecule has 0 fully saturated rings. The van der Waals surface area contributed by atoms with Gasteiger partial charge in [0.25, 0.3) is 5.91 Å². The number of benzene rings is 5. The van der Waals surface area contributed by atoms with Crippen LogP contribution in [0, 0.1) is 0 Å². The number of amidine groups is 2. The number of aliphatic carboxylic acids is 1. The number of phenols is 1. The predicted molar refractivity (Wildman–Crippen MR) is 296 cm³/mol. The predicted octanol–water partition coefficient (Wildman–Crippen LogP) is 7.16. The van der Waals surface area contributed by atoms with E-state index < -0.39 is 41.9 Å². The van der Waals surface area contributed by atoms with E-state index in [2.05, 4.69) is 62.8 Å². The number of halogens is 3. The van der Waals surface area contributed by atoms with Crippen LogP contribution in [0.1, 0.15) is 39.7 Å². The van der Waals surface area contributed by atoms with Crippen molar-refractivity contribution < 1.29 is 61.6 Å². The molecule has 27 heteroatoms. The summed E-state index contributed by atoms with van der Waals surface area (Å²) in [7, 11) is 0. The molecule has 0 saturated heterocycles. The number of carbonyl (C=O) groups excluding carboxylic acids is 5. The number of alkyl halides is 3. The van der Waals surface area contributed by atoms with Gasteiger partial charge in [0.05, 0.1) is 48.9 Å². The van der Waals surface area contributed by atoms with Crippen molar-refractivity contribution >= 4 is 93.6 Å². The number of urea groups is 2. The van der Waals surface area contributed by atoms with Crippen molar-refractivity contribution in [2.75, 3.05) is 66.0 Å². The zero-order valence-electron chi connectivity index (χ0n) is 42.7. The Balaban J connectivity index is 0.00000115. The first kappa shape index (κ1) is 57.0. The molecule has 3 aliphatic rings. The standard InChI is InChI=1S/C52H49N13O8S.C2HF3O2/c1-2-72-50(69)44-45(67)43(74-49(44)58-35-6-4-3-5-7-35)25-31-8-17-42(41(66)24-31)73-23-22-65-30-40(63-64-65)29-57-48(68)34-26-38(61-51(70)59-36-13-9-32(10-14-36)46-53-18-19-54-46)28-39(27-34)62-52(71)60-37-15-11-33(12-16-37)47-55-20-21-56-47;3-2(4,5)1(6)7/h3-17,24-28,30,58,66H,2,18-23,29H2,1H3,(H,53,54)(H,55,56)(H,57,68)(H2,59,61,70)(H2,60,62,71);(H,6,7)/b43-25-;. The van der Waals surface area contributed by atoms with Crippen molar-refractivity contribution in [2.45, 2.75) is 26.2 Å². The third kappa shape index (κ3) is 16.0. The Morgan fingerprint density at radius 1 is 0.765 bits per heavy atom. The Labute approximate surface area is 463 Å². The largest absolute Gasteiger partial charge is 0.504 e. The summed E-state index contributed by atoms with van der Waals surface area (Å²) in [5.41, 5.74) is 4.92. The fourth-order valence-electron chi connectivity index (χ4n) is 7.70. The first-order valence-electron chi connectivity index (χ1n) is 24.7. The van der Waals surface area contributed by atoms with E-state index in [1.807, 2.05) is 54.6 Å². The summed E-state index contributed by atoms with van der Waals surface area (Å²) < 4.78 is 44.3. The number of nitrogens with one attached hydrogen (secondary N) is 8. The summed E-state index contributed by atoms with van der Waals surface area (Å²) in [6.07, 6.45) is -1.88. The number of carboxylic acid groups (broad SMARTS) is 1. The Hall–Kier alpha value is -10.2. The molecule has 5 aromatic carbocycles. The molecule has 81 heavy (non-hydrogen) atoms.